The zero-order valence-corrected chi connectivity index (χ0v) is 9.85. The Kier molecular flexibility index (Phi) is 3.43. The van der Waals surface area contributed by atoms with E-state index in [-0.39, 0.29) is 5.79 Å². The normalized spacial score (nSPS) is 24.5. The first kappa shape index (κ1) is 11.1. The highest BCUT2D eigenvalue weighted by Crippen LogP contribution is 2.31. The maximum atomic E-state index is 5.64. The average molecular weight is 231 g/mol. The van der Waals surface area contributed by atoms with Crippen molar-refractivity contribution in [3.8, 4) is 0 Å². The van der Waals surface area contributed by atoms with Gasteiger partial charge in [-0.25, -0.2) is 0 Å². The summed E-state index contributed by atoms with van der Waals surface area (Å²) >= 11 is 5.16. The molecule has 0 aromatic carbocycles. The van der Waals surface area contributed by atoms with Crippen molar-refractivity contribution in [2.45, 2.75) is 25.6 Å². The van der Waals surface area contributed by atoms with Gasteiger partial charge in [0.1, 0.15) is 0 Å². The topological polar surface area (TPSA) is 30.9 Å². The standard InChI is InChI=1S/C10H17NO3S/c1-2-12-9(15)11-5-3-10(4-6-11)13-7-8-14-10/h2-8H2,1H3. The molecule has 2 heterocycles. The predicted octanol–water partition coefficient (Wildman–Crippen LogP) is 1.15. The maximum Gasteiger partial charge on any atom is 0.259 e. The number of thiocarbonyl (C=S) groups is 1. The van der Waals surface area contributed by atoms with Crippen molar-refractivity contribution in [2.75, 3.05) is 32.9 Å². The Balaban J connectivity index is 1.83. The molecule has 2 saturated heterocycles. The van der Waals surface area contributed by atoms with Gasteiger partial charge < -0.3 is 19.1 Å². The van der Waals surface area contributed by atoms with Crippen molar-refractivity contribution in [2.24, 2.45) is 0 Å². The molecule has 1 spiro atoms. The molecule has 0 unspecified atom stereocenters. The third kappa shape index (κ3) is 2.41. The molecule has 0 bridgehead atoms. The van der Waals surface area contributed by atoms with Gasteiger partial charge in [0.25, 0.3) is 5.17 Å². The SMILES string of the molecule is CCOC(=S)N1CCC2(CC1)OCCO2. The number of nitrogens with zero attached hydrogens (tertiary/aromatic N) is 1. The second kappa shape index (κ2) is 4.63. The molecular weight excluding hydrogens is 214 g/mol. The lowest BCUT2D eigenvalue weighted by molar-refractivity contribution is -0.181. The van der Waals surface area contributed by atoms with Crippen LogP contribution in [0.1, 0.15) is 19.8 Å². The van der Waals surface area contributed by atoms with Crippen molar-refractivity contribution >= 4 is 17.4 Å². The van der Waals surface area contributed by atoms with Crippen molar-refractivity contribution in [3.05, 3.63) is 0 Å². The Morgan fingerprint density at radius 3 is 2.47 bits per heavy atom. The van der Waals surface area contributed by atoms with Crippen molar-refractivity contribution < 1.29 is 14.2 Å². The number of rotatable bonds is 1. The smallest absolute Gasteiger partial charge is 0.259 e. The summed E-state index contributed by atoms with van der Waals surface area (Å²) in [5, 5.41) is 0.602. The molecule has 2 fully saturated rings. The monoisotopic (exact) mass is 231 g/mol. The summed E-state index contributed by atoms with van der Waals surface area (Å²) in [7, 11) is 0. The van der Waals surface area contributed by atoms with E-state index in [1.165, 1.54) is 0 Å². The third-order valence-corrected chi connectivity index (χ3v) is 3.24. The number of hydrogen-bond acceptors (Lipinski definition) is 4. The van der Waals surface area contributed by atoms with Crippen LogP contribution in [-0.2, 0) is 14.2 Å². The molecule has 4 nitrogen and oxygen atoms in total. The highest BCUT2D eigenvalue weighted by Gasteiger charge is 2.40. The maximum absolute atomic E-state index is 5.64. The lowest BCUT2D eigenvalue weighted by Crippen LogP contribution is -2.47. The van der Waals surface area contributed by atoms with Crippen LogP contribution in [0.5, 0.6) is 0 Å². The largest absolute Gasteiger partial charge is 0.471 e. The van der Waals surface area contributed by atoms with Gasteiger partial charge in [0.2, 0.25) is 0 Å². The van der Waals surface area contributed by atoms with Crippen LogP contribution in [0, 0.1) is 0 Å². The van der Waals surface area contributed by atoms with Gasteiger partial charge in [-0.15, -0.1) is 0 Å². The Labute approximate surface area is 95.5 Å². The molecule has 86 valence electrons. The van der Waals surface area contributed by atoms with Crippen LogP contribution in [0.2, 0.25) is 0 Å². The van der Waals surface area contributed by atoms with Crippen molar-refractivity contribution in [3.63, 3.8) is 0 Å². The highest BCUT2D eigenvalue weighted by atomic mass is 32.1. The fraction of sp³-hybridized carbons (Fsp3) is 0.900. The summed E-state index contributed by atoms with van der Waals surface area (Å²) in [6, 6.07) is 0. The first-order chi connectivity index (χ1) is 7.26. The van der Waals surface area contributed by atoms with Crippen molar-refractivity contribution in [1.82, 2.24) is 4.90 Å². The first-order valence-electron chi connectivity index (χ1n) is 5.45. The van der Waals surface area contributed by atoms with E-state index in [0.717, 1.165) is 39.1 Å². The summed E-state index contributed by atoms with van der Waals surface area (Å²) in [4.78, 5) is 2.08. The minimum absolute atomic E-state index is 0.321. The minimum atomic E-state index is -0.321. The van der Waals surface area contributed by atoms with Gasteiger partial charge in [0.15, 0.2) is 5.79 Å². The Morgan fingerprint density at radius 2 is 1.93 bits per heavy atom. The quantitative estimate of drug-likeness (QED) is 0.632. The molecule has 0 aromatic rings. The van der Waals surface area contributed by atoms with E-state index in [1.807, 2.05) is 6.92 Å². The average Bonchev–Trinajstić information content (AvgIpc) is 2.68. The van der Waals surface area contributed by atoms with E-state index in [4.69, 9.17) is 26.4 Å². The molecule has 15 heavy (non-hydrogen) atoms. The summed E-state index contributed by atoms with van der Waals surface area (Å²) in [5.41, 5.74) is 0. The molecule has 2 aliphatic heterocycles. The fourth-order valence-corrected chi connectivity index (χ4v) is 2.33. The van der Waals surface area contributed by atoms with E-state index in [0.29, 0.717) is 11.8 Å². The Bertz CT molecular complexity index is 231. The van der Waals surface area contributed by atoms with E-state index >= 15 is 0 Å². The minimum Gasteiger partial charge on any atom is -0.471 e. The molecule has 5 heteroatoms. The van der Waals surface area contributed by atoms with Gasteiger partial charge in [0.05, 0.1) is 19.8 Å². The zero-order chi connectivity index (χ0) is 10.7. The predicted molar refractivity (Wildman–Crippen MR) is 59.7 cm³/mol. The Morgan fingerprint density at radius 1 is 1.33 bits per heavy atom. The Hall–Kier alpha value is -0.390. The molecule has 0 atom stereocenters. The molecular formula is C10H17NO3S. The number of likely N-dealkylation sites (tertiary alicyclic amines) is 1. The fourth-order valence-electron chi connectivity index (χ4n) is 2.03. The van der Waals surface area contributed by atoms with Crippen LogP contribution >= 0.6 is 12.2 Å². The molecule has 2 aliphatic rings. The lowest BCUT2D eigenvalue weighted by Gasteiger charge is -2.38. The van der Waals surface area contributed by atoms with Crippen LogP contribution in [0.15, 0.2) is 0 Å². The third-order valence-electron chi connectivity index (χ3n) is 2.86. The second-order valence-corrected chi connectivity index (χ2v) is 4.14. The molecule has 0 saturated carbocycles. The summed E-state index contributed by atoms with van der Waals surface area (Å²) < 4.78 is 16.6. The molecule has 0 radical (unpaired) electrons. The molecule has 2 rings (SSSR count). The van der Waals surface area contributed by atoms with Gasteiger partial charge in [-0.2, -0.15) is 0 Å². The van der Waals surface area contributed by atoms with Crippen LogP contribution in [-0.4, -0.2) is 48.8 Å². The van der Waals surface area contributed by atoms with Crippen molar-refractivity contribution in [1.29, 1.82) is 0 Å². The van der Waals surface area contributed by atoms with Gasteiger partial charge in [0, 0.05) is 25.9 Å². The first-order valence-corrected chi connectivity index (χ1v) is 5.86. The second-order valence-electron chi connectivity index (χ2n) is 3.79. The lowest BCUT2D eigenvalue weighted by atomic mass is 10.0. The van der Waals surface area contributed by atoms with Crippen LogP contribution in [0.3, 0.4) is 0 Å². The van der Waals surface area contributed by atoms with Crippen LogP contribution in [0.25, 0.3) is 0 Å². The molecule has 0 amide bonds. The highest BCUT2D eigenvalue weighted by molar-refractivity contribution is 7.80. The number of ether oxygens (including phenoxy) is 3. The van der Waals surface area contributed by atoms with Gasteiger partial charge >= 0.3 is 0 Å². The van der Waals surface area contributed by atoms with E-state index in [1.54, 1.807) is 0 Å². The van der Waals surface area contributed by atoms with Gasteiger partial charge in [-0.05, 0) is 19.1 Å². The zero-order valence-electron chi connectivity index (χ0n) is 9.03. The van der Waals surface area contributed by atoms with Crippen LogP contribution in [0.4, 0.5) is 0 Å². The van der Waals surface area contributed by atoms with Gasteiger partial charge in [-0.1, -0.05) is 0 Å². The molecule has 0 aromatic heterocycles. The molecule has 0 N–H and O–H groups in total. The number of piperidine rings is 1. The summed E-state index contributed by atoms with van der Waals surface area (Å²) in [5.74, 6) is -0.321. The summed E-state index contributed by atoms with van der Waals surface area (Å²) in [6.45, 7) is 5.73. The van der Waals surface area contributed by atoms with E-state index in [2.05, 4.69) is 4.90 Å². The summed E-state index contributed by atoms with van der Waals surface area (Å²) in [6.07, 6.45) is 1.75. The molecule has 0 aliphatic carbocycles. The van der Waals surface area contributed by atoms with Gasteiger partial charge in [-0.3, -0.25) is 0 Å². The van der Waals surface area contributed by atoms with E-state index < -0.39 is 0 Å². The number of hydrogen-bond donors (Lipinski definition) is 0. The van der Waals surface area contributed by atoms with E-state index in [9.17, 15) is 0 Å². The van der Waals surface area contributed by atoms with Crippen LogP contribution < -0.4 is 0 Å².